The molecule has 0 aromatic rings. The van der Waals surface area contributed by atoms with Crippen LogP contribution >= 0.6 is 0 Å². The van der Waals surface area contributed by atoms with Crippen LogP contribution in [0.3, 0.4) is 0 Å². The van der Waals surface area contributed by atoms with Crippen LogP contribution in [0.25, 0.3) is 0 Å². The van der Waals surface area contributed by atoms with E-state index in [4.69, 9.17) is 0 Å². The van der Waals surface area contributed by atoms with Crippen LogP contribution in [0.1, 0.15) is 39.5 Å². The Morgan fingerprint density at radius 1 is 1.27 bits per heavy atom. The fourth-order valence-corrected chi connectivity index (χ4v) is 3.28. The highest BCUT2D eigenvalue weighted by Gasteiger charge is 2.29. The molecule has 0 spiro atoms. The maximum atomic E-state index is 3.46. The molecule has 0 bridgehead atoms. The molecule has 0 aromatic heterocycles. The van der Waals surface area contributed by atoms with E-state index in [1.165, 1.54) is 51.9 Å². The number of likely N-dealkylation sites (tertiary alicyclic amines) is 1. The molecule has 2 fully saturated rings. The first kappa shape index (κ1) is 11.4. The highest BCUT2D eigenvalue weighted by atomic mass is 15.2. The van der Waals surface area contributed by atoms with E-state index in [1.807, 2.05) is 0 Å². The Morgan fingerprint density at radius 2 is 2.00 bits per heavy atom. The molecular weight excluding hydrogens is 184 g/mol. The van der Waals surface area contributed by atoms with Crippen molar-refractivity contribution in [2.45, 2.75) is 45.6 Å². The van der Waals surface area contributed by atoms with Gasteiger partial charge in [0.2, 0.25) is 0 Å². The molecule has 2 saturated heterocycles. The van der Waals surface area contributed by atoms with Gasteiger partial charge in [0.05, 0.1) is 0 Å². The van der Waals surface area contributed by atoms with E-state index < -0.39 is 0 Å². The van der Waals surface area contributed by atoms with E-state index in [0.717, 1.165) is 17.9 Å². The first-order valence-corrected chi connectivity index (χ1v) is 6.74. The summed E-state index contributed by atoms with van der Waals surface area (Å²) in [4.78, 5) is 2.76. The van der Waals surface area contributed by atoms with Gasteiger partial charge in [-0.05, 0) is 50.6 Å². The predicted octanol–water partition coefficient (Wildman–Crippen LogP) is 2.11. The second-order valence-corrected chi connectivity index (χ2v) is 5.55. The van der Waals surface area contributed by atoms with Crippen molar-refractivity contribution in [3.05, 3.63) is 0 Å². The van der Waals surface area contributed by atoms with E-state index in [2.05, 4.69) is 24.1 Å². The number of rotatable bonds is 3. The average molecular weight is 210 g/mol. The largest absolute Gasteiger partial charge is 0.317 e. The number of nitrogens with one attached hydrogen (secondary N) is 1. The van der Waals surface area contributed by atoms with Crippen molar-refractivity contribution in [1.82, 2.24) is 10.2 Å². The van der Waals surface area contributed by atoms with E-state index in [9.17, 15) is 0 Å². The number of piperidine rings is 1. The third-order valence-corrected chi connectivity index (χ3v) is 4.16. The maximum absolute atomic E-state index is 3.46. The van der Waals surface area contributed by atoms with Crippen LogP contribution in [0.2, 0.25) is 0 Å². The maximum Gasteiger partial charge on any atom is 0.00958 e. The molecule has 2 heteroatoms. The van der Waals surface area contributed by atoms with E-state index >= 15 is 0 Å². The number of nitrogens with zero attached hydrogens (tertiary/aromatic N) is 1. The standard InChI is InChI=1S/C13H26N2/c1-3-13-8-11(2)9-15(13)10-12-4-6-14-7-5-12/h11-14H,3-10H2,1-2H3. The summed E-state index contributed by atoms with van der Waals surface area (Å²) in [6.45, 7) is 9.95. The molecule has 0 aromatic carbocycles. The molecule has 0 aliphatic carbocycles. The Balaban J connectivity index is 1.81. The average Bonchev–Trinajstić information content (AvgIpc) is 2.60. The summed E-state index contributed by atoms with van der Waals surface area (Å²) in [5, 5.41) is 3.46. The Bertz CT molecular complexity index is 187. The summed E-state index contributed by atoms with van der Waals surface area (Å²) in [7, 11) is 0. The monoisotopic (exact) mass is 210 g/mol. The zero-order valence-corrected chi connectivity index (χ0v) is 10.3. The van der Waals surface area contributed by atoms with Gasteiger partial charge in [-0.3, -0.25) is 4.90 Å². The molecule has 2 aliphatic rings. The first-order chi connectivity index (χ1) is 7.29. The van der Waals surface area contributed by atoms with Gasteiger partial charge in [0.1, 0.15) is 0 Å². The lowest BCUT2D eigenvalue weighted by molar-refractivity contribution is 0.186. The topological polar surface area (TPSA) is 15.3 Å². The van der Waals surface area contributed by atoms with E-state index in [-0.39, 0.29) is 0 Å². The molecule has 1 N–H and O–H groups in total. The van der Waals surface area contributed by atoms with Gasteiger partial charge in [-0.1, -0.05) is 13.8 Å². The molecule has 2 unspecified atom stereocenters. The highest BCUT2D eigenvalue weighted by Crippen LogP contribution is 2.27. The predicted molar refractivity (Wildman–Crippen MR) is 65.0 cm³/mol. The minimum atomic E-state index is 0.884. The summed E-state index contributed by atoms with van der Waals surface area (Å²) in [6, 6.07) is 0.884. The van der Waals surface area contributed by atoms with Crippen molar-refractivity contribution in [3.8, 4) is 0 Å². The quantitative estimate of drug-likeness (QED) is 0.767. The summed E-state index contributed by atoms with van der Waals surface area (Å²) < 4.78 is 0. The van der Waals surface area contributed by atoms with Crippen molar-refractivity contribution in [2.75, 3.05) is 26.2 Å². The van der Waals surface area contributed by atoms with E-state index in [1.54, 1.807) is 0 Å². The van der Waals surface area contributed by atoms with Gasteiger partial charge in [-0.25, -0.2) is 0 Å². The van der Waals surface area contributed by atoms with Crippen molar-refractivity contribution in [3.63, 3.8) is 0 Å². The summed E-state index contributed by atoms with van der Waals surface area (Å²) >= 11 is 0. The van der Waals surface area contributed by atoms with Crippen molar-refractivity contribution in [2.24, 2.45) is 11.8 Å². The molecule has 2 aliphatic heterocycles. The van der Waals surface area contributed by atoms with Crippen LogP contribution in [-0.2, 0) is 0 Å². The first-order valence-electron chi connectivity index (χ1n) is 6.74. The van der Waals surface area contributed by atoms with Crippen LogP contribution in [-0.4, -0.2) is 37.1 Å². The Kier molecular flexibility index (Phi) is 4.04. The van der Waals surface area contributed by atoms with Crippen molar-refractivity contribution < 1.29 is 0 Å². The summed E-state index contributed by atoms with van der Waals surface area (Å²) in [6.07, 6.45) is 5.55. The molecule has 88 valence electrons. The van der Waals surface area contributed by atoms with Gasteiger partial charge in [-0.15, -0.1) is 0 Å². The lowest BCUT2D eigenvalue weighted by Gasteiger charge is -2.30. The van der Waals surface area contributed by atoms with Gasteiger partial charge >= 0.3 is 0 Å². The number of hydrogen-bond donors (Lipinski definition) is 1. The zero-order chi connectivity index (χ0) is 10.7. The Labute approximate surface area is 94.4 Å². The van der Waals surface area contributed by atoms with Crippen LogP contribution in [0.15, 0.2) is 0 Å². The highest BCUT2D eigenvalue weighted by molar-refractivity contribution is 4.84. The van der Waals surface area contributed by atoms with Crippen molar-refractivity contribution in [1.29, 1.82) is 0 Å². The van der Waals surface area contributed by atoms with Crippen LogP contribution in [0, 0.1) is 11.8 Å². The number of hydrogen-bond acceptors (Lipinski definition) is 2. The van der Waals surface area contributed by atoms with Gasteiger partial charge in [0.25, 0.3) is 0 Å². The SMILES string of the molecule is CCC1CC(C)CN1CC1CCNCC1. The fraction of sp³-hybridized carbons (Fsp3) is 1.00. The third kappa shape index (κ3) is 2.94. The molecule has 2 atom stereocenters. The second kappa shape index (κ2) is 5.31. The minimum absolute atomic E-state index is 0.884. The lowest BCUT2D eigenvalue weighted by Crippen LogP contribution is -2.38. The molecule has 0 amide bonds. The third-order valence-electron chi connectivity index (χ3n) is 4.16. The van der Waals surface area contributed by atoms with Gasteiger partial charge in [0.15, 0.2) is 0 Å². The Hall–Kier alpha value is -0.0800. The summed E-state index contributed by atoms with van der Waals surface area (Å²) in [5.41, 5.74) is 0. The molecule has 2 heterocycles. The zero-order valence-electron chi connectivity index (χ0n) is 10.3. The second-order valence-electron chi connectivity index (χ2n) is 5.55. The van der Waals surface area contributed by atoms with Gasteiger partial charge < -0.3 is 5.32 Å². The molecular formula is C13H26N2. The van der Waals surface area contributed by atoms with Crippen LogP contribution in [0.5, 0.6) is 0 Å². The molecule has 15 heavy (non-hydrogen) atoms. The minimum Gasteiger partial charge on any atom is -0.317 e. The molecule has 2 rings (SSSR count). The van der Waals surface area contributed by atoms with Crippen molar-refractivity contribution >= 4 is 0 Å². The van der Waals surface area contributed by atoms with Crippen LogP contribution in [0.4, 0.5) is 0 Å². The Morgan fingerprint density at radius 3 is 2.67 bits per heavy atom. The molecule has 0 saturated carbocycles. The summed E-state index contributed by atoms with van der Waals surface area (Å²) in [5.74, 6) is 1.89. The van der Waals surface area contributed by atoms with E-state index in [0.29, 0.717) is 0 Å². The van der Waals surface area contributed by atoms with Gasteiger partial charge in [-0.2, -0.15) is 0 Å². The molecule has 2 nitrogen and oxygen atoms in total. The lowest BCUT2D eigenvalue weighted by atomic mass is 9.97. The normalized spacial score (nSPS) is 34.8. The fourth-order valence-electron chi connectivity index (χ4n) is 3.28. The smallest absolute Gasteiger partial charge is 0.00958 e. The van der Waals surface area contributed by atoms with Crippen LogP contribution < -0.4 is 5.32 Å². The van der Waals surface area contributed by atoms with Gasteiger partial charge in [0, 0.05) is 19.1 Å². The molecule has 0 radical (unpaired) electrons.